The van der Waals surface area contributed by atoms with Gasteiger partial charge >= 0.3 is 0 Å². The first kappa shape index (κ1) is 13.3. The van der Waals surface area contributed by atoms with E-state index in [1.807, 2.05) is 19.1 Å². The van der Waals surface area contributed by atoms with Crippen molar-refractivity contribution in [2.75, 3.05) is 14.2 Å². The van der Waals surface area contributed by atoms with Gasteiger partial charge < -0.3 is 15.2 Å². The quantitative estimate of drug-likeness (QED) is 0.907. The molecule has 0 aliphatic rings. The molecule has 1 aromatic heterocycles. The molecule has 5 heteroatoms. The van der Waals surface area contributed by atoms with Crippen LogP contribution in [0.3, 0.4) is 0 Å². The summed E-state index contributed by atoms with van der Waals surface area (Å²) in [4.78, 5) is 8.50. The number of aryl methyl sites for hydroxylation is 1. The van der Waals surface area contributed by atoms with Gasteiger partial charge in [0.25, 0.3) is 0 Å². The third-order valence-corrected chi connectivity index (χ3v) is 2.85. The van der Waals surface area contributed by atoms with E-state index in [1.165, 1.54) is 0 Å². The number of hydrogen-bond acceptors (Lipinski definition) is 5. The number of nitrogens with zero attached hydrogens (tertiary/aromatic N) is 2. The van der Waals surface area contributed by atoms with Crippen LogP contribution < -0.4 is 15.2 Å². The summed E-state index contributed by atoms with van der Waals surface area (Å²) in [5.41, 5.74) is 8.64. The summed E-state index contributed by atoms with van der Waals surface area (Å²) in [5, 5.41) is 0. The minimum absolute atomic E-state index is 0.364. The normalized spacial score (nSPS) is 12.0. The van der Waals surface area contributed by atoms with Gasteiger partial charge in [0.05, 0.1) is 37.8 Å². The fraction of sp³-hybridized carbons (Fsp3) is 0.286. The zero-order valence-electron chi connectivity index (χ0n) is 11.3. The Morgan fingerprint density at radius 1 is 1.00 bits per heavy atom. The maximum atomic E-state index is 6.20. The Bertz CT molecular complexity index is 533. The Morgan fingerprint density at radius 3 is 2.11 bits per heavy atom. The second kappa shape index (κ2) is 5.67. The Balaban J connectivity index is 2.37. The van der Waals surface area contributed by atoms with E-state index < -0.39 is 0 Å². The van der Waals surface area contributed by atoms with Crippen LogP contribution in [0.2, 0.25) is 0 Å². The Kier molecular flexibility index (Phi) is 3.97. The number of rotatable bonds is 4. The third kappa shape index (κ3) is 3.00. The van der Waals surface area contributed by atoms with Crippen LogP contribution in [0.25, 0.3) is 0 Å². The summed E-state index contributed by atoms with van der Waals surface area (Å²) in [6.45, 7) is 1.89. The summed E-state index contributed by atoms with van der Waals surface area (Å²) < 4.78 is 10.5. The summed E-state index contributed by atoms with van der Waals surface area (Å²) in [6.07, 6.45) is 3.39. The van der Waals surface area contributed by atoms with Crippen molar-refractivity contribution in [1.29, 1.82) is 0 Å². The lowest BCUT2D eigenvalue weighted by molar-refractivity contribution is 0.393. The van der Waals surface area contributed by atoms with Crippen LogP contribution in [-0.2, 0) is 0 Å². The van der Waals surface area contributed by atoms with E-state index in [0.717, 1.165) is 11.3 Å². The van der Waals surface area contributed by atoms with E-state index in [9.17, 15) is 0 Å². The molecule has 0 amide bonds. The van der Waals surface area contributed by atoms with Gasteiger partial charge in [-0.1, -0.05) is 0 Å². The molecule has 0 fully saturated rings. The highest BCUT2D eigenvalue weighted by molar-refractivity contribution is 5.41. The first-order valence-corrected chi connectivity index (χ1v) is 5.91. The zero-order valence-corrected chi connectivity index (χ0v) is 11.3. The molecule has 1 atom stereocenters. The van der Waals surface area contributed by atoms with E-state index in [1.54, 1.807) is 32.7 Å². The van der Waals surface area contributed by atoms with Crippen LogP contribution in [0.15, 0.2) is 30.6 Å². The van der Waals surface area contributed by atoms with Crippen molar-refractivity contribution in [2.45, 2.75) is 13.0 Å². The number of methoxy groups -OCH3 is 2. The van der Waals surface area contributed by atoms with Crippen molar-refractivity contribution < 1.29 is 9.47 Å². The Labute approximate surface area is 112 Å². The minimum atomic E-state index is -0.364. The smallest absolute Gasteiger partial charge is 0.122 e. The molecule has 0 aliphatic carbocycles. The second-order valence-electron chi connectivity index (χ2n) is 4.21. The third-order valence-electron chi connectivity index (χ3n) is 2.85. The lowest BCUT2D eigenvalue weighted by Gasteiger charge is -2.14. The summed E-state index contributed by atoms with van der Waals surface area (Å²) in [6, 6.07) is 5.18. The molecule has 0 bridgehead atoms. The van der Waals surface area contributed by atoms with E-state index in [4.69, 9.17) is 15.2 Å². The molecule has 100 valence electrons. The second-order valence-corrected chi connectivity index (χ2v) is 4.21. The zero-order chi connectivity index (χ0) is 13.8. The van der Waals surface area contributed by atoms with Gasteiger partial charge in [-0.05, 0) is 24.6 Å². The number of ether oxygens (including phenoxy) is 2. The van der Waals surface area contributed by atoms with Crippen LogP contribution in [0, 0.1) is 6.92 Å². The molecule has 0 saturated carbocycles. The minimum Gasteiger partial charge on any atom is -0.497 e. The van der Waals surface area contributed by atoms with Gasteiger partial charge in [0.2, 0.25) is 0 Å². The molecule has 1 heterocycles. The highest BCUT2D eigenvalue weighted by Gasteiger charge is 2.13. The first-order chi connectivity index (χ1) is 9.13. The molecule has 2 rings (SSSR count). The van der Waals surface area contributed by atoms with Crippen LogP contribution >= 0.6 is 0 Å². The maximum Gasteiger partial charge on any atom is 0.122 e. The number of hydrogen-bond donors (Lipinski definition) is 1. The van der Waals surface area contributed by atoms with Crippen LogP contribution in [0.4, 0.5) is 0 Å². The van der Waals surface area contributed by atoms with Crippen LogP contribution in [0.1, 0.15) is 23.0 Å². The Hall–Kier alpha value is -2.14. The molecule has 5 nitrogen and oxygen atoms in total. The fourth-order valence-corrected chi connectivity index (χ4v) is 1.74. The van der Waals surface area contributed by atoms with Gasteiger partial charge in [-0.3, -0.25) is 9.97 Å². The average molecular weight is 259 g/mol. The van der Waals surface area contributed by atoms with E-state index in [0.29, 0.717) is 17.2 Å². The SMILES string of the molecule is COc1cc(OC)cc(C(N)c2cnc(C)cn2)c1. The van der Waals surface area contributed by atoms with Crippen LogP contribution in [0.5, 0.6) is 11.5 Å². The van der Waals surface area contributed by atoms with Gasteiger partial charge in [0.15, 0.2) is 0 Å². The summed E-state index contributed by atoms with van der Waals surface area (Å²) in [5.74, 6) is 1.40. The standard InChI is InChI=1S/C14H17N3O2/c1-9-7-17-13(8-16-9)14(15)10-4-11(18-2)6-12(5-10)19-3/h4-8,14H,15H2,1-3H3. The number of nitrogens with two attached hydrogens (primary N) is 1. The summed E-state index contributed by atoms with van der Waals surface area (Å²) in [7, 11) is 3.21. The van der Waals surface area contributed by atoms with Gasteiger partial charge in [0, 0.05) is 12.3 Å². The van der Waals surface area contributed by atoms with Gasteiger partial charge in [-0.2, -0.15) is 0 Å². The highest BCUT2D eigenvalue weighted by atomic mass is 16.5. The largest absolute Gasteiger partial charge is 0.497 e. The molecule has 0 spiro atoms. The molecular formula is C14H17N3O2. The highest BCUT2D eigenvalue weighted by Crippen LogP contribution is 2.27. The number of aromatic nitrogens is 2. The lowest BCUT2D eigenvalue weighted by Crippen LogP contribution is -2.14. The number of benzene rings is 1. The first-order valence-electron chi connectivity index (χ1n) is 5.91. The van der Waals surface area contributed by atoms with E-state index in [2.05, 4.69) is 9.97 Å². The van der Waals surface area contributed by atoms with Crippen molar-refractivity contribution in [3.8, 4) is 11.5 Å². The van der Waals surface area contributed by atoms with Crippen LogP contribution in [-0.4, -0.2) is 24.2 Å². The molecule has 0 saturated heterocycles. The Morgan fingerprint density at radius 2 is 1.63 bits per heavy atom. The molecule has 1 aromatic carbocycles. The molecule has 0 aliphatic heterocycles. The predicted octanol–water partition coefficient (Wildman–Crippen LogP) is 1.85. The molecule has 1 unspecified atom stereocenters. The van der Waals surface area contributed by atoms with Crippen molar-refractivity contribution in [3.05, 3.63) is 47.5 Å². The maximum absolute atomic E-state index is 6.20. The monoisotopic (exact) mass is 259 g/mol. The average Bonchev–Trinajstić information content (AvgIpc) is 2.46. The van der Waals surface area contributed by atoms with Gasteiger partial charge in [-0.15, -0.1) is 0 Å². The van der Waals surface area contributed by atoms with Crippen molar-refractivity contribution >= 4 is 0 Å². The predicted molar refractivity (Wildman–Crippen MR) is 72.3 cm³/mol. The van der Waals surface area contributed by atoms with E-state index in [-0.39, 0.29) is 6.04 Å². The molecule has 0 radical (unpaired) electrons. The van der Waals surface area contributed by atoms with E-state index >= 15 is 0 Å². The molecule has 19 heavy (non-hydrogen) atoms. The molecular weight excluding hydrogens is 242 g/mol. The van der Waals surface area contributed by atoms with Gasteiger partial charge in [-0.25, -0.2) is 0 Å². The summed E-state index contributed by atoms with van der Waals surface area (Å²) >= 11 is 0. The topological polar surface area (TPSA) is 70.3 Å². The van der Waals surface area contributed by atoms with Crippen molar-refractivity contribution in [1.82, 2.24) is 9.97 Å². The van der Waals surface area contributed by atoms with Crippen molar-refractivity contribution in [3.63, 3.8) is 0 Å². The fourth-order valence-electron chi connectivity index (χ4n) is 1.74. The van der Waals surface area contributed by atoms with Crippen molar-refractivity contribution in [2.24, 2.45) is 5.73 Å². The lowest BCUT2D eigenvalue weighted by atomic mass is 10.0. The van der Waals surface area contributed by atoms with Gasteiger partial charge in [0.1, 0.15) is 11.5 Å². The molecule has 2 N–H and O–H groups in total. The molecule has 2 aromatic rings.